The van der Waals surface area contributed by atoms with Gasteiger partial charge in [0.2, 0.25) is 0 Å². The summed E-state index contributed by atoms with van der Waals surface area (Å²) in [5.74, 6) is 0. The van der Waals surface area contributed by atoms with Crippen LogP contribution >= 0.6 is 0 Å². The van der Waals surface area contributed by atoms with Crippen molar-refractivity contribution >= 4 is 11.4 Å². The lowest BCUT2D eigenvalue weighted by Gasteiger charge is -2.20. The van der Waals surface area contributed by atoms with Gasteiger partial charge in [0.25, 0.3) is 5.69 Å². The smallest absolute Gasteiger partial charge is 0.269 e. The molecular weight excluding hydrogens is 204 g/mol. The summed E-state index contributed by atoms with van der Waals surface area (Å²) in [6.45, 7) is 9.13. The molecule has 1 rings (SSSR count). The monoisotopic (exact) mass is 222 g/mol. The number of nitrogens with zero attached hydrogens (tertiary/aromatic N) is 1. The molecule has 0 aliphatic carbocycles. The van der Waals surface area contributed by atoms with Gasteiger partial charge in [0.1, 0.15) is 0 Å². The number of anilines is 1. The highest BCUT2D eigenvalue weighted by Crippen LogP contribution is 2.22. The molecule has 4 heteroatoms. The first-order valence-corrected chi connectivity index (χ1v) is 5.28. The SMILES string of the molecule is Cc1cc([N+](=O)[O-])ccc1NCC(C)(C)C. The van der Waals surface area contributed by atoms with Gasteiger partial charge in [0.05, 0.1) is 4.92 Å². The van der Waals surface area contributed by atoms with Crippen LogP contribution < -0.4 is 5.32 Å². The molecule has 88 valence electrons. The Morgan fingerprint density at radius 2 is 2.00 bits per heavy atom. The van der Waals surface area contributed by atoms with Gasteiger partial charge in [-0.1, -0.05) is 20.8 Å². The highest BCUT2D eigenvalue weighted by molar-refractivity contribution is 5.55. The van der Waals surface area contributed by atoms with Crippen molar-refractivity contribution in [3.63, 3.8) is 0 Å². The Morgan fingerprint density at radius 1 is 1.38 bits per heavy atom. The average Bonchev–Trinajstić information content (AvgIpc) is 2.14. The fourth-order valence-electron chi connectivity index (χ4n) is 1.32. The molecule has 0 saturated heterocycles. The summed E-state index contributed by atoms with van der Waals surface area (Å²) in [4.78, 5) is 10.2. The van der Waals surface area contributed by atoms with E-state index in [9.17, 15) is 10.1 Å². The maximum absolute atomic E-state index is 10.6. The van der Waals surface area contributed by atoms with Gasteiger partial charge in [-0.25, -0.2) is 0 Å². The van der Waals surface area contributed by atoms with Gasteiger partial charge in [0, 0.05) is 24.4 Å². The predicted molar refractivity (Wildman–Crippen MR) is 65.8 cm³/mol. The lowest BCUT2D eigenvalue weighted by molar-refractivity contribution is -0.384. The molecular formula is C12H18N2O2. The fourth-order valence-corrected chi connectivity index (χ4v) is 1.32. The lowest BCUT2D eigenvalue weighted by Crippen LogP contribution is -2.19. The third kappa shape index (κ3) is 3.53. The topological polar surface area (TPSA) is 55.2 Å². The lowest BCUT2D eigenvalue weighted by atomic mass is 9.96. The molecule has 0 aliphatic rings. The predicted octanol–water partition coefficient (Wildman–Crippen LogP) is 3.36. The van der Waals surface area contributed by atoms with Gasteiger partial charge < -0.3 is 5.32 Å². The van der Waals surface area contributed by atoms with Crippen molar-refractivity contribution in [1.82, 2.24) is 0 Å². The van der Waals surface area contributed by atoms with E-state index in [-0.39, 0.29) is 16.0 Å². The molecule has 0 spiro atoms. The Balaban J connectivity index is 2.80. The van der Waals surface area contributed by atoms with Crippen molar-refractivity contribution in [2.24, 2.45) is 5.41 Å². The van der Waals surface area contributed by atoms with Crippen molar-refractivity contribution < 1.29 is 4.92 Å². The Morgan fingerprint density at radius 3 is 2.44 bits per heavy atom. The summed E-state index contributed by atoms with van der Waals surface area (Å²) >= 11 is 0. The molecule has 0 aromatic heterocycles. The van der Waals surface area contributed by atoms with Crippen molar-refractivity contribution in [2.75, 3.05) is 11.9 Å². The normalized spacial score (nSPS) is 11.2. The summed E-state index contributed by atoms with van der Waals surface area (Å²) in [5.41, 5.74) is 2.19. The van der Waals surface area contributed by atoms with E-state index in [0.717, 1.165) is 17.8 Å². The maximum Gasteiger partial charge on any atom is 0.269 e. The number of nitrogens with one attached hydrogen (secondary N) is 1. The van der Waals surface area contributed by atoms with E-state index < -0.39 is 0 Å². The van der Waals surface area contributed by atoms with Crippen LogP contribution in [0.15, 0.2) is 18.2 Å². The number of aryl methyl sites for hydroxylation is 1. The number of rotatable bonds is 3. The summed E-state index contributed by atoms with van der Waals surface area (Å²) in [6.07, 6.45) is 0. The molecule has 0 amide bonds. The first-order valence-electron chi connectivity index (χ1n) is 5.28. The van der Waals surface area contributed by atoms with Crippen LogP contribution in [0.3, 0.4) is 0 Å². The number of nitro benzene ring substituents is 1. The third-order valence-electron chi connectivity index (χ3n) is 2.23. The van der Waals surface area contributed by atoms with E-state index in [2.05, 4.69) is 26.1 Å². The standard InChI is InChI=1S/C12H18N2O2/c1-9-7-10(14(15)16)5-6-11(9)13-8-12(2,3)4/h5-7,13H,8H2,1-4H3. The summed E-state index contributed by atoms with van der Waals surface area (Å²) in [5, 5.41) is 13.9. The van der Waals surface area contributed by atoms with Gasteiger partial charge in [-0.15, -0.1) is 0 Å². The summed E-state index contributed by atoms with van der Waals surface area (Å²) in [7, 11) is 0. The molecule has 16 heavy (non-hydrogen) atoms. The summed E-state index contributed by atoms with van der Waals surface area (Å²) in [6, 6.07) is 4.88. The van der Waals surface area contributed by atoms with Crippen LogP contribution in [0.25, 0.3) is 0 Å². The van der Waals surface area contributed by atoms with Crippen LogP contribution in [0, 0.1) is 22.5 Å². The number of hydrogen-bond acceptors (Lipinski definition) is 3. The van der Waals surface area contributed by atoms with E-state index in [0.29, 0.717) is 0 Å². The first-order chi connectivity index (χ1) is 7.29. The Hall–Kier alpha value is -1.58. The zero-order chi connectivity index (χ0) is 12.3. The summed E-state index contributed by atoms with van der Waals surface area (Å²) < 4.78 is 0. The second-order valence-electron chi connectivity index (χ2n) is 5.17. The minimum absolute atomic E-state index is 0.138. The van der Waals surface area contributed by atoms with Crippen LogP contribution in [0.1, 0.15) is 26.3 Å². The quantitative estimate of drug-likeness (QED) is 0.630. The van der Waals surface area contributed by atoms with Crippen LogP contribution in [0.4, 0.5) is 11.4 Å². The van der Waals surface area contributed by atoms with Gasteiger partial charge in [-0.05, 0) is 24.0 Å². The highest BCUT2D eigenvalue weighted by atomic mass is 16.6. The van der Waals surface area contributed by atoms with Gasteiger partial charge in [-0.2, -0.15) is 0 Å². The van der Waals surface area contributed by atoms with Crippen molar-refractivity contribution in [2.45, 2.75) is 27.7 Å². The number of hydrogen-bond donors (Lipinski definition) is 1. The Kier molecular flexibility index (Phi) is 3.52. The first kappa shape index (κ1) is 12.5. The van der Waals surface area contributed by atoms with Gasteiger partial charge in [0.15, 0.2) is 0 Å². The molecule has 0 saturated carbocycles. The van der Waals surface area contributed by atoms with Crippen molar-refractivity contribution in [3.05, 3.63) is 33.9 Å². The zero-order valence-corrected chi connectivity index (χ0v) is 10.2. The number of nitro groups is 1. The molecule has 0 bridgehead atoms. The Bertz CT molecular complexity index is 394. The van der Waals surface area contributed by atoms with Gasteiger partial charge in [-0.3, -0.25) is 10.1 Å². The third-order valence-corrected chi connectivity index (χ3v) is 2.23. The number of benzene rings is 1. The second-order valence-corrected chi connectivity index (χ2v) is 5.17. The van der Waals surface area contributed by atoms with E-state index >= 15 is 0 Å². The zero-order valence-electron chi connectivity index (χ0n) is 10.2. The van der Waals surface area contributed by atoms with Crippen molar-refractivity contribution in [1.29, 1.82) is 0 Å². The van der Waals surface area contributed by atoms with E-state index in [1.807, 2.05) is 6.92 Å². The van der Waals surface area contributed by atoms with Crippen LogP contribution in [-0.4, -0.2) is 11.5 Å². The van der Waals surface area contributed by atoms with Crippen LogP contribution in [0.5, 0.6) is 0 Å². The average molecular weight is 222 g/mol. The largest absolute Gasteiger partial charge is 0.384 e. The van der Waals surface area contributed by atoms with E-state index in [1.165, 1.54) is 6.07 Å². The molecule has 0 fully saturated rings. The molecule has 1 N–H and O–H groups in total. The Labute approximate surface area is 95.8 Å². The molecule has 0 heterocycles. The van der Waals surface area contributed by atoms with Crippen LogP contribution in [0.2, 0.25) is 0 Å². The van der Waals surface area contributed by atoms with E-state index in [4.69, 9.17) is 0 Å². The molecule has 0 radical (unpaired) electrons. The molecule has 0 aliphatic heterocycles. The molecule has 1 aromatic rings. The minimum Gasteiger partial charge on any atom is -0.384 e. The van der Waals surface area contributed by atoms with E-state index in [1.54, 1.807) is 12.1 Å². The van der Waals surface area contributed by atoms with Crippen LogP contribution in [-0.2, 0) is 0 Å². The maximum atomic E-state index is 10.6. The minimum atomic E-state index is -0.374. The second kappa shape index (κ2) is 4.51. The highest BCUT2D eigenvalue weighted by Gasteiger charge is 2.12. The van der Waals surface area contributed by atoms with Crippen molar-refractivity contribution in [3.8, 4) is 0 Å². The van der Waals surface area contributed by atoms with Gasteiger partial charge >= 0.3 is 0 Å². The molecule has 0 atom stereocenters. The molecule has 1 aromatic carbocycles. The molecule has 4 nitrogen and oxygen atoms in total. The fraction of sp³-hybridized carbons (Fsp3) is 0.500. The number of non-ortho nitro benzene ring substituents is 1. The molecule has 0 unspecified atom stereocenters.